The maximum absolute atomic E-state index is 12.7. The van der Waals surface area contributed by atoms with Crippen molar-refractivity contribution in [1.82, 2.24) is 9.88 Å². The van der Waals surface area contributed by atoms with Crippen LogP contribution in [0.3, 0.4) is 0 Å². The van der Waals surface area contributed by atoms with Crippen LogP contribution in [-0.2, 0) is 13.1 Å². The van der Waals surface area contributed by atoms with Crippen LogP contribution in [0.2, 0.25) is 0 Å². The van der Waals surface area contributed by atoms with Crippen molar-refractivity contribution in [3.63, 3.8) is 0 Å². The van der Waals surface area contributed by atoms with Gasteiger partial charge in [0.1, 0.15) is 29.1 Å². The summed E-state index contributed by atoms with van der Waals surface area (Å²) >= 11 is 0. The topological polar surface area (TPSA) is 56.4 Å². The van der Waals surface area contributed by atoms with Gasteiger partial charge in [-0.15, -0.1) is 0 Å². The average Bonchev–Trinajstić information content (AvgIpc) is 3.18. The quantitative estimate of drug-likeness (QED) is 0.797. The minimum Gasteiger partial charge on any atom is -0.486 e. The van der Waals surface area contributed by atoms with E-state index in [4.69, 9.17) is 9.15 Å². The van der Waals surface area contributed by atoms with Gasteiger partial charge in [0.2, 0.25) is 0 Å². The zero-order valence-corrected chi connectivity index (χ0v) is 13.8. The van der Waals surface area contributed by atoms with Crippen molar-refractivity contribution in [1.29, 1.82) is 0 Å². The molecule has 1 amide bonds. The summed E-state index contributed by atoms with van der Waals surface area (Å²) in [5.41, 5.74) is 1.67. The first-order chi connectivity index (χ1) is 11.7. The zero-order chi connectivity index (χ0) is 16.7. The molecule has 0 unspecified atom stereocenters. The largest absolute Gasteiger partial charge is 0.486 e. The summed E-state index contributed by atoms with van der Waals surface area (Å²) in [6, 6.07) is 11.7. The van der Waals surface area contributed by atoms with Crippen LogP contribution in [0, 0.1) is 6.92 Å². The normalized spacial score (nSPS) is 16.2. The Morgan fingerprint density at radius 2 is 2.21 bits per heavy atom. The van der Waals surface area contributed by atoms with Gasteiger partial charge >= 0.3 is 0 Å². The number of ether oxygens (including phenoxy) is 1. The number of carbonyl (C=O) groups is 1. The molecule has 0 aliphatic carbocycles. The molecule has 1 aliphatic heterocycles. The smallest absolute Gasteiger partial charge is 0.268 e. The van der Waals surface area contributed by atoms with E-state index in [1.165, 1.54) is 0 Å². The van der Waals surface area contributed by atoms with Crippen LogP contribution < -0.4 is 10.1 Å². The molecule has 1 aromatic carbocycles. The lowest BCUT2D eigenvalue weighted by atomic mass is 10.2. The lowest BCUT2D eigenvalue weighted by molar-refractivity contribution is 0.0932. The average molecular weight is 324 g/mol. The van der Waals surface area contributed by atoms with E-state index >= 15 is 0 Å². The number of aromatic nitrogens is 1. The molecule has 0 fully saturated rings. The Morgan fingerprint density at radius 3 is 2.96 bits per heavy atom. The molecule has 24 heavy (non-hydrogen) atoms. The van der Waals surface area contributed by atoms with Gasteiger partial charge in [-0.2, -0.15) is 0 Å². The summed E-state index contributed by atoms with van der Waals surface area (Å²) in [5, 5.41) is 3.98. The van der Waals surface area contributed by atoms with E-state index in [2.05, 4.69) is 16.8 Å². The van der Waals surface area contributed by atoms with Crippen LogP contribution in [0.15, 0.2) is 40.8 Å². The number of furan rings is 1. The molecule has 2 aromatic heterocycles. The molecular weight excluding hydrogens is 304 g/mol. The molecule has 5 nitrogen and oxygen atoms in total. The highest BCUT2D eigenvalue weighted by molar-refractivity contribution is 6.00. The van der Waals surface area contributed by atoms with Crippen LogP contribution in [-0.4, -0.2) is 16.6 Å². The van der Waals surface area contributed by atoms with Gasteiger partial charge in [-0.05, 0) is 37.6 Å². The zero-order valence-electron chi connectivity index (χ0n) is 13.8. The predicted molar refractivity (Wildman–Crippen MR) is 91.3 cm³/mol. The second-order valence-electron chi connectivity index (χ2n) is 6.18. The summed E-state index contributed by atoms with van der Waals surface area (Å²) in [4.78, 5) is 12.7. The van der Waals surface area contributed by atoms with Crippen molar-refractivity contribution in [2.45, 2.75) is 39.5 Å². The molecule has 3 heterocycles. The first-order valence-corrected chi connectivity index (χ1v) is 8.28. The minimum atomic E-state index is -0.0945. The lowest BCUT2D eigenvalue weighted by Crippen LogP contribution is -2.31. The van der Waals surface area contributed by atoms with Gasteiger partial charge in [0.15, 0.2) is 0 Å². The molecule has 4 rings (SSSR count). The first-order valence-electron chi connectivity index (χ1n) is 8.28. The van der Waals surface area contributed by atoms with Crippen molar-refractivity contribution >= 4 is 16.8 Å². The van der Waals surface area contributed by atoms with E-state index in [9.17, 15) is 4.79 Å². The van der Waals surface area contributed by atoms with Gasteiger partial charge in [0, 0.05) is 5.39 Å². The number of hydrogen-bond donors (Lipinski definition) is 1. The molecule has 3 aromatic rings. The van der Waals surface area contributed by atoms with Gasteiger partial charge in [-0.3, -0.25) is 4.79 Å². The van der Waals surface area contributed by atoms with E-state index in [1.807, 2.05) is 43.3 Å². The van der Waals surface area contributed by atoms with E-state index in [-0.39, 0.29) is 12.0 Å². The summed E-state index contributed by atoms with van der Waals surface area (Å²) in [6.07, 6.45) is 0.996. The minimum absolute atomic E-state index is 0.0924. The molecule has 1 N–H and O–H groups in total. The second kappa shape index (κ2) is 5.74. The number of carbonyl (C=O) groups excluding carboxylic acids is 1. The van der Waals surface area contributed by atoms with Gasteiger partial charge in [0.25, 0.3) is 5.91 Å². The highest BCUT2D eigenvalue weighted by Crippen LogP contribution is 2.34. The van der Waals surface area contributed by atoms with Gasteiger partial charge in [0.05, 0.1) is 18.6 Å². The van der Waals surface area contributed by atoms with Crippen LogP contribution in [0.5, 0.6) is 5.75 Å². The number of para-hydroxylation sites is 1. The molecule has 124 valence electrons. The van der Waals surface area contributed by atoms with Gasteiger partial charge in [-0.25, -0.2) is 0 Å². The monoisotopic (exact) mass is 324 g/mol. The van der Waals surface area contributed by atoms with Gasteiger partial charge in [-0.1, -0.05) is 19.1 Å². The molecule has 0 bridgehead atoms. The molecule has 5 heteroatoms. The highest BCUT2D eigenvalue weighted by Gasteiger charge is 2.25. The second-order valence-corrected chi connectivity index (χ2v) is 6.18. The first kappa shape index (κ1) is 14.9. The molecule has 0 saturated heterocycles. The predicted octanol–water partition coefficient (Wildman–Crippen LogP) is 3.64. The summed E-state index contributed by atoms with van der Waals surface area (Å²) in [6.45, 7) is 5.06. The number of rotatable bonds is 4. The van der Waals surface area contributed by atoms with E-state index in [0.717, 1.165) is 34.6 Å². The Balaban J connectivity index is 1.65. The Hall–Kier alpha value is -2.69. The molecule has 0 saturated carbocycles. The summed E-state index contributed by atoms with van der Waals surface area (Å²) in [7, 11) is 0. The fraction of sp³-hybridized carbons (Fsp3) is 0.316. The number of aryl methyl sites for hydroxylation is 1. The maximum Gasteiger partial charge on any atom is 0.268 e. The fourth-order valence-corrected chi connectivity index (χ4v) is 3.23. The number of nitrogens with zero attached hydrogens (tertiary/aromatic N) is 1. The van der Waals surface area contributed by atoms with Crippen LogP contribution >= 0.6 is 0 Å². The number of benzene rings is 1. The number of amides is 1. The van der Waals surface area contributed by atoms with Crippen molar-refractivity contribution in [2.75, 3.05) is 0 Å². The highest BCUT2D eigenvalue weighted by atomic mass is 16.5. The van der Waals surface area contributed by atoms with Crippen molar-refractivity contribution in [2.24, 2.45) is 0 Å². The SMILES string of the molecule is CC[C@@H]1Cn2c(C(=O)NCc3ccc(C)o3)cc3cccc(c32)O1. The lowest BCUT2D eigenvalue weighted by Gasteiger charge is -2.26. The molecule has 0 radical (unpaired) electrons. The molecule has 1 aliphatic rings. The maximum atomic E-state index is 12.7. The van der Waals surface area contributed by atoms with Crippen molar-refractivity contribution < 1.29 is 13.9 Å². The summed E-state index contributed by atoms with van der Waals surface area (Å²) < 4.78 is 13.6. The third kappa shape index (κ3) is 2.46. The molecular formula is C19H20N2O3. The molecule has 0 spiro atoms. The van der Waals surface area contributed by atoms with E-state index in [0.29, 0.717) is 18.8 Å². The third-order valence-corrected chi connectivity index (χ3v) is 4.47. The Morgan fingerprint density at radius 1 is 1.33 bits per heavy atom. The Bertz CT molecular complexity index is 907. The van der Waals surface area contributed by atoms with Crippen LogP contribution in [0.4, 0.5) is 0 Å². The van der Waals surface area contributed by atoms with Crippen LogP contribution in [0.25, 0.3) is 10.9 Å². The van der Waals surface area contributed by atoms with Crippen LogP contribution in [0.1, 0.15) is 35.4 Å². The summed E-state index contributed by atoms with van der Waals surface area (Å²) in [5.74, 6) is 2.36. The van der Waals surface area contributed by atoms with E-state index < -0.39 is 0 Å². The third-order valence-electron chi connectivity index (χ3n) is 4.47. The Kier molecular flexibility index (Phi) is 3.56. The van der Waals surface area contributed by atoms with Gasteiger partial charge < -0.3 is 19.0 Å². The molecule has 1 atom stereocenters. The van der Waals surface area contributed by atoms with Crippen molar-refractivity contribution in [3.05, 3.63) is 53.6 Å². The van der Waals surface area contributed by atoms with Crippen molar-refractivity contribution in [3.8, 4) is 5.75 Å². The van der Waals surface area contributed by atoms with E-state index in [1.54, 1.807) is 0 Å². The number of nitrogens with one attached hydrogen (secondary N) is 1. The fourth-order valence-electron chi connectivity index (χ4n) is 3.23. The number of hydrogen-bond acceptors (Lipinski definition) is 3. The Labute approximate surface area is 140 Å². The standard InChI is InChI=1S/C19H20N2O3/c1-3-14-11-21-16(9-13-5-4-6-17(24-14)18(13)21)19(22)20-10-15-8-7-12(2)23-15/h4-9,14H,3,10-11H2,1-2H3,(H,20,22)/t14-/m1/s1.